The second-order valence-electron chi connectivity index (χ2n) is 4.27. The quantitative estimate of drug-likeness (QED) is 0.683. The van der Waals surface area contributed by atoms with Gasteiger partial charge in [-0.05, 0) is 37.6 Å². The van der Waals surface area contributed by atoms with Gasteiger partial charge in [-0.25, -0.2) is 0 Å². The molecule has 1 unspecified atom stereocenters. The molecule has 0 radical (unpaired) electrons. The Bertz CT molecular complexity index is 374. The van der Waals surface area contributed by atoms with Crippen LogP contribution < -0.4 is 5.32 Å². The lowest BCUT2D eigenvalue weighted by atomic mass is 10.2. The first kappa shape index (κ1) is 16.4. The monoisotopic (exact) mass is 331 g/mol. The second-order valence-corrected chi connectivity index (χ2v) is 5.18. The maximum atomic E-state index is 9.77. The standard InChI is InChI=1S/C14H22BrNO3/c1-3-18-6-7-19-10-13(17)9-16-14-5-4-12(15)8-11(14)2/h4-5,8,13,16-17H,3,6-7,9-10H2,1-2H3. The first-order valence-corrected chi connectivity index (χ1v) is 7.26. The molecule has 1 atom stereocenters. The highest BCUT2D eigenvalue weighted by atomic mass is 79.9. The predicted octanol–water partition coefficient (Wildman–Crippen LogP) is 2.58. The fraction of sp³-hybridized carbons (Fsp3) is 0.571. The number of hydrogen-bond donors (Lipinski definition) is 2. The Hall–Kier alpha value is -0.620. The van der Waals surface area contributed by atoms with Crippen LogP contribution in [0.2, 0.25) is 0 Å². The van der Waals surface area contributed by atoms with E-state index < -0.39 is 6.10 Å². The van der Waals surface area contributed by atoms with Crippen molar-refractivity contribution in [2.24, 2.45) is 0 Å². The van der Waals surface area contributed by atoms with Crippen LogP contribution >= 0.6 is 15.9 Å². The van der Waals surface area contributed by atoms with Crippen molar-refractivity contribution in [3.63, 3.8) is 0 Å². The number of ether oxygens (including phenoxy) is 2. The van der Waals surface area contributed by atoms with Gasteiger partial charge in [0.2, 0.25) is 0 Å². The third-order valence-corrected chi connectivity index (χ3v) is 3.10. The molecule has 0 saturated heterocycles. The van der Waals surface area contributed by atoms with Crippen molar-refractivity contribution < 1.29 is 14.6 Å². The van der Waals surface area contributed by atoms with Crippen LogP contribution in [0.3, 0.4) is 0 Å². The molecule has 5 heteroatoms. The largest absolute Gasteiger partial charge is 0.389 e. The number of anilines is 1. The van der Waals surface area contributed by atoms with Crippen LogP contribution in [0.5, 0.6) is 0 Å². The van der Waals surface area contributed by atoms with Crippen LogP contribution in [-0.2, 0) is 9.47 Å². The smallest absolute Gasteiger partial charge is 0.0945 e. The predicted molar refractivity (Wildman–Crippen MR) is 80.7 cm³/mol. The molecule has 0 aliphatic carbocycles. The average molecular weight is 332 g/mol. The van der Waals surface area contributed by atoms with Crippen molar-refractivity contribution in [3.05, 3.63) is 28.2 Å². The van der Waals surface area contributed by atoms with Crippen molar-refractivity contribution in [2.45, 2.75) is 20.0 Å². The van der Waals surface area contributed by atoms with Crippen LogP contribution in [0.25, 0.3) is 0 Å². The zero-order valence-corrected chi connectivity index (χ0v) is 13.1. The van der Waals surface area contributed by atoms with Crippen LogP contribution in [0.1, 0.15) is 12.5 Å². The number of aryl methyl sites for hydroxylation is 1. The van der Waals surface area contributed by atoms with E-state index in [1.165, 1.54) is 0 Å². The van der Waals surface area contributed by atoms with Crippen molar-refractivity contribution >= 4 is 21.6 Å². The topological polar surface area (TPSA) is 50.7 Å². The molecule has 0 saturated carbocycles. The van der Waals surface area contributed by atoms with Crippen molar-refractivity contribution in [3.8, 4) is 0 Å². The van der Waals surface area contributed by atoms with Crippen molar-refractivity contribution in [2.75, 3.05) is 38.3 Å². The molecule has 0 spiro atoms. The fourth-order valence-corrected chi connectivity index (χ4v) is 2.07. The summed E-state index contributed by atoms with van der Waals surface area (Å²) >= 11 is 3.42. The van der Waals surface area contributed by atoms with Crippen LogP contribution in [0.15, 0.2) is 22.7 Å². The zero-order valence-electron chi connectivity index (χ0n) is 11.5. The molecule has 0 bridgehead atoms. The van der Waals surface area contributed by atoms with Gasteiger partial charge in [-0.3, -0.25) is 0 Å². The number of nitrogens with one attached hydrogen (secondary N) is 1. The highest BCUT2D eigenvalue weighted by Gasteiger charge is 2.05. The van der Waals surface area contributed by atoms with E-state index in [4.69, 9.17) is 9.47 Å². The fourth-order valence-electron chi connectivity index (χ4n) is 1.59. The minimum atomic E-state index is -0.523. The molecule has 0 fully saturated rings. The van der Waals surface area contributed by atoms with E-state index in [0.29, 0.717) is 33.0 Å². The Morgan fingerprint density at radius 2 is 2.05 bits per heavy atom. The summed E-state index contributed by atoms with van der Waals surface area (Å²) in [5.74, 6) is 0. The molecule has 19 heavy (non-hydrogen) atoms. The molecule has 1 aromatic rings. The molecule has 0 aliphatic heterocycles. The van der Waals surface area contributed by atoms with Crippen molar-refractivity contribution in [1.82, 2.24) is 0 Å². The second kappa shape index (κ2) is 9.31. The molecule has 1 rings (SSSR count). The number of benzene rings is 1. The van der Waals surface area contributed by atoms with Gasteiger partial charge in [0.1, 0.15) is 0 Å². The summed E-state index contributed by atoms with van der Waals surface area (Å²) in [5, 5.41) is 13.0. The lowest BCUT2D eigenvalue weighted by Crippen LogP contribution is -2.25. The van der Waals surface area contributed by atoms with Crippen LogP contribution in [0.4, 0.5) is 5.69 Å². The van der Waals surface area contributed by atoms with E-state index in [1.807, 2.05) is 32.0 Å². The Labute approximate surface area is 123 Å². The highest BCUT2D eigenvalue weighted by molar-refractivity contribution is 9.10. The van der Waals surface area contributed by atoms with Gasteiger partial charge in [0.15, 0.2) is 0 Å². The van der Waals surface area contributed by atoms with Gasteiger partial charge in [0.25, 0.3) is 0 Å². The maximum absolute atomic E-state index is 9.77. The number of rotatable bonds is 9. The lowest BCUT2D eigenvalue weighted by molar-refractivity contribution is 0.0103. The molecule has 4 nitrogen and oxygen atoms in total. The van der Waals surface area contributed by atoms with E-state index in [-0.39, 0.29) is 0 Å². The zero-order chi connectivity index (χ0) is 14.1. The summed E-state index contributed by atoms with van der Waals surface area (Å²) < 4.78 is 11.5. The number of aliphatic hydroxyl groups is 1. The maximum Gasteiger partial charge on any atom is 0.0945 e. The molecule has 0 amide bonds. The molecule has 1 aromatic carbocycles. The average Bonchev–Trinajstić information content (AvgIpc) is 2.37. The Morgan fingerprint density at radius 1 is 1.32 bits per heavy atom. The Balaban J connectivity index is 2.20. The summed E-state index contributed by atoms with van der Waals surface area (Å²) in [6.07, 6.45) is -0.523. The molecule has 0 aromatic heterocycles. The van der Waals surface area contributed by atoms with Crippen LogP contribution in [-0.4, -0.2) is 44.2 Å². The van der Waals surface area contributed by atoms with E-state index in [2.05, 4.69) is 21.2 Å². The van der Waals surface area contributed by atoms with E-state index in [9.17, 15) is 5.11 Å². The summed E-state index contributed by atoms with van der Waals surface area (Å²) in [5.41, 5.74) is 2.16. The third kappa shape index (κ3) is 6.92. The first-order chi connectivity index (χ1) is 9.13. The van der Waals surface area contributed by atoms with E-state index in [1.54, 1.807) is 0 Å². The van der Waals surface area contributed by atoms with Gasteiger partial charge in [-0.1, -0.05) is 15.9 Å². The van der Waals surface area contributed by atoms with Gasteiger partial charge >= 0.3 is 0 Å². The molecule has 2 N–H and O–H groups in total. The number of halogens is 1. The Morgan fingerprint density at radius 3 is 2.74 bits per heavy atom. The van der Waals surface area contributed by atoms with Crippen molar-refractivity contribution in [1.29, 1.82) is 0 Å². The van der Waals surface area contributed by atoms with Gasteiger partial charge in [-0.15, -0.1) is 0 Å². The normalized spacial score (nSPS) is 12.4. The van der Waals surface area contributed by atoms with Gasteiger partial charge in [-0.2, -0.15) is 0 Å². The molecule has 0 heterocycles. The summed E-state index contributed by atoms with van der Waals surface area (Å²) in [4.78, 5) is 0. The minimum Gasteiger partial charge on any atom is -0.389 e. The summed E-state index contributed by atoms with van der Waals surface area (Å²) in [6.45, 7) is 6.53. The molecule has 108 valence electrons. The summed E-state index contributed by atoms with van der Waals surface area (Å²) in [7, 11) is 0. The van der Waals surface area contributed by atoms with Gasteiger partial charge in [0.05, 0.1) is 25.9 Å². The molecule has 0 aliphatic rings. The summed E-state index contributed by atoms with van der Waals surface area (Å²) in [6, 6.07) is 6.00. The SMILES string of the molecule is CCOCCOCC(O)CNc1ccc(Br)cc1C. The van der Waals surface area contributed by atoms with E-state index in [0.717, 1.165) is 15.7 Å². The first-order valence-electron chi connectivity index (χ1n) is 6.47. The Kier molecular flexibility index (Phi) is 8.05. The highest BCUT2D eigenvalue weighted by Crippen LogP contribution is 2.19. The van der Waals surface area contributed by atoms with Gasteiger partial charge < -0.3 is 19.9 Å². The molecular weight excluding hydrogens is 310 g/mol. The van der Waals surface area contributed by atoms with E-state index >= 15 is 0 Å². The van der Waals surface area contributed by atoms with Gasteiger partial charge in [0, 0.05) is 23.3 Å². The third-order valence-electron chi connectivity index (χ3n) is 2.60. The number of aliphatic hydroxyl groups excluding tert-OH is 1. The lowest BCUT2D eigenvalue weighted by Gasteiger charge is -2.14. The minimum absolute atomic E-state index is 0.315. The van der Waals surface area contributed by atoms with Crippen LogP contribution in [0, 0.1) is 6.92 Å². The molecular formula is C14H22BrNO3. The number of hydrogen-bond acceptors (Lipinski definition) is 4.